The minimum absolute atomic E-state index is 0.566. The fourth-order valence-electron chi connectivity index (χ4n) is 1.55. The van der Waals surface area contributed by atoms with Crippen LogP contribution >= 0.6 is 0 Å². The van der Waals surface area contributed by atoms with Gasteiger partial charge in [-0.3, -0.25) is 0 Å². The summed E-state index contributed by atoms with van der Waals surface area (Å²) in [7, 11) is 0. The fourth-order valence-corrected chi connectivity index (χ4v) is 1.55. The molecule has 0 aromatic carbocycles. The van der Waals surface area contributed by atoms with E-state index in [2.05, 4.69) is 13.5 Å². The second-order valence-electron chi connectivity index (χ2n) is 3.55. The van der Waals surface area contributed by atoms with Gasteiger partial charge in [0, 0.05) is 6.42 Å². The third-order valence-corrected chi connectivity index (χ3v) is 2.29. The standard InChI is InChI=1S/C10H16O/c1-7(2)9-5-4-8(3)6-10(9)11/h8,11H,1,4-6H2,2-3H3. The lowest BCUT2D eigenvalue weighted by Gasteiger charge is -2.21. The van der Waals surface area contributed by atoms with Crippen LogP contribution < -0.4 is 0 Å². The van der Waals surface area contributed by atoms with Crippen molar-refractivity contribution in [3.8, 4) is 0 Å². The van der Waals surface area contributed by atoms with Gasteiger partial charge in [-0.25, -0.2) is 0 Å². The maximum absolute atomic E-state index is 9.53. The molecule has 1 atom stereocenters. The number of allylic oxidation sites excluding steroid dienone is 3. The zero-order valence-electron chi connectivity index (χ0n) is 7.35. The van der Waals surface area contributed by atoms with Crippen LogP contribution in [0.15, 0.2) is 23.5 Å². The summed E-state index contributed by atoms with van der Waals surface area (Å²) < 4.78 is 0. The highest BCUT2D eigenvalue weighted by atomic mass is 16.3. The smallest absolute Gasteiger partial charge is 0.0959 e. The minimum Gasteiger partial charge on any atom is -0.512 e. The summed E-state index contributed by atoms with van der Waals surface area (Å²) in [5.74, 6) is 1.20. The lowest BCUT2D eigenvalue weighted by molar-refractivity contribution is 0.324. The van der Waals surface area contributed by atoms with Crippen LogP contribution in [-0.2, 0) is 0 Å². The summed E-state index contributed by atoms with van der Waals surface area (Å²) in [5.41, 5.74) is 2.11. The molecule has 0 bridgehead atoms. The Labute approximate surface area is 68.4 Å². The molecular weight excluding hydrogens is 136 g/mol. The van der Waals surface area contributed by atoms with Crippen molar-refractivity contribution < 1.29 is 5.11 Å². The van der Waals surface area contributed by atoms with E-state index in [1.807, 2.05) is 6.92 Å². The molecule has 1 rings (SSSR count). The van der Waals surface area contributed by atoms with Crippen molar-refractivity contribution >= 4 is 0 Å². The van der Waals surface area contributed by atoms with E-state index in [-0.39, 0.29) is 0 Å². The predicted molar refractivity (Wildman–Crippen MR) is 47.5 cm³/mol. The number of rotatable bonds is 1. The highest BCUT2D eigenvalue weighted by Gasteiger charge is 2.17. The van der Waals surface area contributed by atoms with Crippen LogP contribution in [0.5, 0.6) is 0 Å². The van der Waals surface area contributed by atoms with Crippen molar-refractivity contribution in [1.82, 2.24) is 0 Å². The Morgan fingerprint density at radius 3 is 2.73 bits per heavy atom. The molecule has 0 fully saturated rings. The van der Waals surface area contributed by atoms with E-state index in [1.165, 1.54) is 6.42 Å². The van der Waals surface area contributed by atoms with Crippen molar-refractivity contribution in [3.05, 3.63) is 23.5 Å². The van der Waals surface area contributed by atoms with Crippen molar-refractivity contribution in [2.24, 2.45) is 5.92 Å². The lowest BCUT2D eigenvalue weighted by atomic mass is 9.87. The molecule has 1 aliphatic rings. The molecule has 0 heterocycles. The summed E-state index contributed by atoms with van der Waals surface area (Å²) in [5, 5.41) is 9.53. The molecule has 1 aliphatic carbocycles. The van der Waals surface area contributed by atoms with Crippen molar-refractivity contribution in [3.63, 3.8) is 0 Å². The van der Waals surface area contributed by atoms with Gasteiger partial charge in [0.25, 0.3) is 0 Å². The van der Waals surface area contributed by atoms with E-state index >= 15 is 0 Å². The van der Waals surface area contributed by atoms with E-state index in [9.17, 15) is 5.11 Å². The fraction of sp³-hybridized carbons (Fsp3) is 0.600. The third kappa shape index (κ3) is 1.86. The number of aliphatic hydroxyl groups excluding tert-OH is 1. The van der Waals surface area contributed by atoms with Crippen LogP contribution in [-0.4, -0.2) is 5.11 Å². The zero-order chi connectivity index (χ0) is 8.43. The summed E-state index contributed by atoms with van der Waals surface area (Å²) in [6, 6.07) is 0. The summed E-state index contributed by atoms with van der Waals surface area (Å²) in [6.45, 7) is 7.97. The van der Waals surface area contributed by atoms with Gasteiger partial charge in [-0.2, -0.15) is 0 Å². The Morgan fingerprint density at radius 1 is 1.64 bits per heavy atom. The van der Waals surface area contributed by atoms with Gasteiger partial charge in [0.05, 0.1) is 5.76 Å². The quantitative estimate of drug-likeness (QED) is 0.611. The topological polar surface area (TPSA) is 20.2 Å². The molecule has 1 heteroatoms. The van der Waals surface area contributed by atoms with Crippen LogP contribution in [0.2, 0.25) is 0 Å². The van der Waals surface area contributed by atoms with Gasteiger partial charge < -0.3 is 5.11 Å². The average Bonchev–Trinajstić information content (AvgIpc) is 1.85. The first kappa shape index (κ1) is 8.38. The Kier molecular flexibility index (Phi) is 2.38. The van der Waals surface area contributed by atoms with E-state index in [4.69, 9.17) is 0 Å². The van der Waals surface area contributed by atoms with Gasteiger partial charge in [0.2, 0.25) is 0 Å². The van der Waals surface area contributed by atoms with Gasteiger partial charge in [0.15, 0.2) is 0 Å². The Hall–Kier alpha value is -0.720. The molecule has 0 aromatic rings. The highest BCUT2D eigenvalue weighted by Crippen LogP contribution is 2.30. The molecule has 0 aromatic heterocycles. The maximum Gasteiger partial charge on any atom is 0.0959 e. The van der Waals surface area contributed by atoms with Gasteiger partial charge in [-0.1, -0.05) is 19.1 Å². The largest absolute Gasteiger partial charge is 0.512 e. The Morgan fingerprint density at radius 2 is 2.27 bits per heavy atom. The van der Waals surface area contributed by atoms with Crippen LogP contribution in [0, 0.1) is 5.92 Å². The summed E-state index contributed by atoms with van der Waals surface area (Å²) in [6.07, 6.45) is 3.02. The number of hydrogen-bond acceptors (Lipinski definition) is 1. The van der Waals surface area contributed by atoms with Gasteiger partial charge in [-0.15, -0.1) is 0 Å². The van der Waals surface area contributed by atoms with Gasteiger partial charge in [0.1, 0.15) is 0 Å². The molecule has 11 heavy (non-hydrogen) atoms. The average molecular weight is 152 g/mol. The lowest BCUT2D eigenvalue weighted by Crippen LogP contribution is -2.07. The summed E-state index contributed by atoms with van der Waals surface area (Å²) >= 11 is 0. The van der Waals surface area contributed by atoms with Crippen molar-refractivity contribution in [2.75, 3.05) is 0 Å². The van der Waals surface area contributed by atoms with Crippen LogP contribution in [0.1, 0.15) is 33.1 Å². The third-order valence-electron chi connectivity index (χ3n) is 2.29. The van der Waals surface area contributed by atoms with Crippen LogP contribution in [0.4, 0.5) is 0 Å². The molecule has 0 amide bonds. The van der Waals surface area contributed by atoms with Gasteiger partial charge >= 0.3 is 0 Å². The Bertz CT molecular complexity index is 201. The molecule has 0 aliphatic heterocycles. The highest BCUT2D eigenvalue weighted by molar-refractivity contribution is 5.30. The molecule has 0 saturated heterocycles. The van der Waals surface area contributed by atoms with E-state index in [0.29, 0.717) is 11.7 Å². The molecule has 62 valence electrons. The molecule has 1 N–H and O–H groups in total. The van der Waals surface area contributed by atoms with Crippen molar-refractivity contribution in [2.45, 2.75) is 33.1 Å². The van der Waals surface area contributed by atoms with Gasteiger partial charge in [-0.05, 0) is 31.3 Å². The predicted octanol–water partition coefficient (Wildman–Crippen LogP) is 3.19. The maximum atomic E-state index is 9.53. The first-order valence-corrected chi connectivity index (χ1v) is 4.18. The van der Waals surface area contributed by atoms with E-state index < -0.39 is 0 Å². The normalized spacial score (nSPS) is 25.5. The molecular formula is C10H16O. The first-order valence-electron chi connectivity index (χ1n) is 4.18. The molecule has 0 saturated carbocycles. The monoisotopic (exact) mass is 152 g/mol. The number of hydrogen-bond donors (Lipinski definition) is 1. The minimum atomic E-state index is 0.566. The second kappa shape index (κ2) is 3.12. The number of aliphatic hydroxyl groups is 1. The first-order chi connectivity index (χ1) is 5.11. The molecule has 1 nitrogen and oxygen atoms in total. The van der Waals surface area contributed by atoms with Crippen LogP contribution in [0.3, 0.4) is 0 Å². The van der Waals surface area contributed by atoms with E-state index in [0.717, 1.165) is 24.0 Å². The van der Waals surface area contributed by atoms with Crippen molar-refractivity contribution in [1.29, 1.82) is 0 Å². The second-order valence-corrected chi connectivity index (χ2v) is 3.55. The van der Waals surface area contributed by atoms with E-state index in [1.54, 1.807) is 0 Å². The SMILES string of the molecule is C=C(C)C1=C(O)CC(C)CC1. The summed E-state index contributed by atoms with van der Waals surface area (Å²) in [4.78, 5) is 0. The Balaban J connectivity index is 2.78. The molecule has 0 radical (unpaired) electrons. The molecule has 1 unspecified atom stereocenters. The zero-order valence-corrected chi connectivity index (χ0v) is 7.35. The van der Waals surface area contributed by atoms with Crippen LogP contribution in [0.25, 0.3) is 0 Å². The molecule has 0 spiro atoms.